The number of rotatable bonds is 1. The highest BCUT2D eigenvalue weighted by atomic mass is 16.2. The number of para-hydroxylation sites is 1. The molecule has 2 bridgehead atoms. The average molecular weight is 293 g/mol. The van der Waals surface area contributed by atoms with Crippen LogP contribution in [0.4, 0.5) is 0 Å². The molecule has 2 aromatic rings. The molecule has 4 aliphatic carbocycles. The molecular weight excluding hydrogens is 278 g/mol. The summed E-state index contributed by atoms with van der Waals surface area (Å²) in [5, 5.41) is 0. The van der Waals surface area contributed by atoms with Crippen molar-refractivity contribution >= 4 is 0 Å². The van der Waals surface area contributed by atoms with Crippen molar-refractivity contribution < 1.29 is 0 Å². The summed E-state index contributed by atoms with van der Waals surface area (Å²) in [4.78, 5) is 25.9. The lowest BCUT2D eigenvalue weighted by atomic mass is 9.89. The van der Waals surface area contributed by atoms with Crippen LogP contribution in [0.3, 0.4) is 0 Å². The molecule has 6 aliphatic rings. The van der Waals surface area contributed by atoms with Gasteiger partial charge in [0.25, 0.3) is 0 Å². The molecule has 4 saturated carbocycles. The molecule has 8 atom stereocenters. The molecule has 110 valence electrons. The van der Waals surface area contributed by atoms with Crippen LogP contribution >= 0.6 is 0 Å². The summed E-state index contributed by atoms with van der Waals surface area (Å²) in [6, 6.07) is 9.91. The minimum atomic E-state index is -0.134. The first kappa shape index (κ1) is 10.6. The first-order valence-corrected chi connectivity index (χ1v) is 8.19. The summed E-state index contributed by atoms with van der Waals surface area (Å²) in [6.45, 7) is 2.40. The summed E-state index contributed by atoms with van der Waals surface area (Å²) >= 11 is 0. The van der Waals surface area contributed by atoms with E-state index in [2.05, 4.69) is 6.92 Å². The Kier molecular flexibility index (Phi) is 1.29. The third kappa shape index (κ3) is 0.733. The van der Waals surface area contributed by atoms with E-state index >= 15 is 0 Å². The van der Waals surface area contributed by atoms with E-state index in [0.29, 0.717) is 46.9 Å². The number of hydrogen-bond donors (Lipinski definition) is 0. The van der Waals surface area contributed by atoms with Gasteiger partial charge in [-0.3, -0.25) is 0 Å². The van der Waals surface area contributed by atoms with Gasteiger partial charge in [-0.25, -0.2) is 23.5 Å². The molecule has 1 aromatic heterocycles. The second kappa shape index (κ2) is 2.66. The Bertz CT molecular complexity index is 942. The lowest BCUT2D eigenvalue weighted by molar-refractivity contribution is 0.112. The van der Waals surface area contributed by atoms with Crippen molar-refractivity contribution in [2.75, 3.05) is 0 Å². The van der Waals surface area contributed by atoms with Gasteiger partial charge in [0.15, 0.2) is 0 Å². The van der Waals surface area contributed by atoms with Crippen LogP contribution in [-0.4, -0.2) is 13.9 Å². The van der Waals surface area contributed by atoms with E-state index in [1.807, 2.05) is 39.7 Å². The van der Waals surface area contributed by atoms with Crippen molar-refractivity contribution in [3.63, 3.8) is 0 Å². The third-order valence-electron chi connectivity index (χ3n) is 7.68. The molecule has 0 amide bonds. The Morgan fingerprint density at radius 3 is 1.86 bits per heavy atom. The molecule has 5 heteroatoms. The van der Waals surface area contributed by atoms with Crippen LogP contribution in [0, 0.1) is 35.0 Å². The van der Waals surface area contributed by atoms with Gasteiger partial charge >= 0.3 is 11.4 Å². The van der Waals surface area contributed by atoms with Crippen molar-refractivity contribution in [2.24, 2.45) is 35.0 Å². The maximum absolute atomic E-state index is 13.0. The molecule has 0 saturated heterocycles. The fourth-order valence-electron chi connectivity index (χ4n) is 7.20. The fourth-order valence-corrected chi connectivity index (χ4v) is 7.20. The van der Waals surface area contributed by atoms with Gasteiger partial charge in [0.2, 0.25) is 0 Å². The maximum atomic E-state index is 13.0. The van der Waals surface area contributed by atoms with Crippen molar-refractivity contribution in [1.29, 1.82) is 0 Å². The largest absolute Gasteiger partial charge is 0.352 e. The van der Waals surface area contributed by atoms with Crippen LogP contribution in [0.1, 0.15) is 19.0 Å². The summed E-state index contributed by atoms with van der Waals surface area (Å²) < 4.78 is 5.04. The topological polar surface area (TPSA) is 48.9 Å². The van der Waals surface area contributed by atoms with Gasteiger partial charge in [-0.05, 0) is 47.1 Å². The molecule has 0 spiro atoms. The summed E-state index contributed by atoms with van der Waals surface area (Å²) in [5.74, 6) is 3.44. The highest BCUT2D eigenvalue weighted by Crippen LogP contribution is 2.97. The molecule has 0 N–H and O–H groups in total. The number of nitrogens with zero attached hydrogens (tertiary/aromatic N) is 3. The zero-order valence-corrected chi connectivity index (χ0v) is 12.1. The van der Waals surface area contributed by atoms with Crippen molar-refractivity contribution in [2.45, 2.75) is 19.0 Å². The van der Waals surface area contributed by atoms with Gasteiger partial charge in [-0.15, -0.1) is 0 Å². The van der Waals surface area contributed by atoms with Crippen LogP contribution in [0.5, 0.6) is 0 Å². The molecule has 1 aromatic carbocycles. The van der Waals surface area contributed by atoms with E-state index in [9.17, 15) is 9.59 Å². The monoisotopic (exact) mass is 293 g/mol. The second-order valence-electron chi connectivity index (χ2n) is 8.00. The van der Waals surface area contributed by atoms with E-state index in [0.717, 1.165) is 5.92 Å². The first-order chi connectivity index (χ1) is 10.7. The SMILES string of the molecule is CC12C3[C@@H]4[C@H]3[C@H]3[C@@H]1[C@@H]2[C@H]4n1c(=O)n(-c2ccccc2)c(=O)n13. The Hall–Kier alpha value is -2.04. The Morgan fingerprint density at radius 1 is 0.864 bits per heavy atom. The van der Waals surface area contributed by atoms with E-state index in [4.69, 9.17) is 0 Å². The van der Waals surface area contributed by atoms with Crippen molar-refractivity contribution in [3.05, 3.63) is 51.3 Å². The van der Waals surface area contributed by atoms with Gasteiger partial charge in [0, 0.05) is 0 Å². The first-order valence-electron chi connectivity index (χ1n) is 8.19. The number of hydrogen-bond acceptors (Lipinski definition) is 2. The van der Waals surface area contributed by atoms with Crippen LogP contribution in [0.25, 0.3) is 5.69 Å². The number of benzene rings is 1. The minimum absolute atomic E-state index is 0.134. The van der Waals surface area contributed by atoms with Crippen LogP contribution < -0.4 is 11.4 Å². The van der Waals surface area contributed by atoms with E-state index in [1.54, 1.807) is 0 Å². The zero-order chi connectivity index (χ0) is 14.5. The second-order valence-corrected chi connectivity index (χ2v) is 8.00. The molecule has 22 heavy (non-hydrogen) atoms. The maximum Gasteiger partial charge on any atom is 0.352 e. The average Bonchev–Trinajstić information content (AvgIpc) is 3.34. The highest BCUT2D eigenvalue weighted by molar-refractivity contribution is 5.43. The van der Waals surface area contributed by atoms with Crippen LogP contribution in [-0.2, 0) is 0 Å². The lowest BCUT2D eigenvalue weighted by Gasteiger charge is -2.36. The molecule has 2 aliphatic heterocycles. The summed E-state index contributed by atoms with van der Waals surface area (Å²) in [7, 11) is 0. The normalized spacial score (nSPS) is 50.1. The van der Waals surface area contributed by atoms with E-state index in [-0.39, 0.29) is 11.4 Å². The number of aromatic nitrogens is 3. The quantitative estimate of drug-likeness (QED) is 0.789. The smallest absolute Gasteiger partial charge is 0.245 e. The van der Waals surface area contributed by atoms with E-state index < -0.39 is 0 Å². The van der Waals surface area contributed by atoms with Gasteiger partial charge in [0.05, 0.1) is 17.8 Å². The third-order valence-corrected chi connectivity index (χ3v) is 7.68. The van der Waals surface area contributed by atoms with Gasteiger partial charge < -0.3 is 0 Å². The standard InChI is InChI=1S/C17H15N3O2/c1-17-10-8-9(10)14-12(17)11(17)13(8)19-15(21)18(16(22)20(14)19)7-5-3-2-4-6-7/h2-6,8-14H,1H3/t8-,9+,10?,11+,12-,13-,14-,17?/m0/s1. The van der Waals surface area contributed by atoms with Gasteiger partial charge in [0.1, 0.15) is 0 Å². The van der Waals surface area contributed by atoms with Crippen molar-refractivity contribution in [3.8, 4) is 5.69 Å². The molecule has 2 unspecified atom stereocenters. The molecule has 5 nitrogen and oxygen atoms in total. The minimum Gasteiger partial charge on any atom is -0.245 e. The zero-order valence-electron chi connectivity index (χ0n) is 12.1. The summed E-state index contributed by atoms with van der Waals surface area (Å²) in [5.41, 5.74) is 0.856. The molecule has 0 radical (unpaired) electrons. The Balaban J connectivity index is 1.57. The summed E-state index contributed by atoms with van der Waals surface area (Å²) in [6.07, 6.45) is 0. The molecule has 8 rings (SSSR count). The fraction of sp³-hybridized carbons (Fsp3) is 0.529. The lowest BCUT2D eigenvalue weighted by Crippen LogP contribution is -2.45. The Labute approximate surface area is 125 Å². The van der Waals surface area contributed by atoms with Gasteiger partial charge in [-0.2, -0.15) is 0 Å². The molecular formula is C17H15N3O2. The van der Waals surface area contributed by atoms with E-state index in [1.165, 1.54) is 4.57 Å². The predicted molar refractivity (Wildman–Crippen MR) is 77.9 cm³/mol. The highest BCUT2D eigenvalue weighted by Gasteiger charge is 2.95. The van der Waals surface area contributed by atoms with Crippen molar-refractivity contribution in [1.82, 2.24) is 13.9 Å². The molecule has 4 fully saturated rings. The van der Waals surface area contributed by atoms with Gasteiger partial charge in [-0.1, -0.05) is 25.1 Å². The van der Waals surface area contributed by atoms with Crippen LogP contribution in [0.15, 0.2) is 39.9 Å². The Morgan fingerprint density at radius 2 is 1.41 bits per heavy atom. The predicted octanol–water partition coefficient (Wildman–Crippen LogP) is 1.04. The molecule has 3 heterocycles. The van der Waals surface area contributed by atoms with Crippen LogP contribution in [0.2, 0.25) is 0 Å².